The third kappa shape index (κ3) is 7.33. The Kier molecular flexibility index (Phi) is 12.1. The van der Waals surface area contributed by atoms with Crippen molar-refractivity contribution in [2.75, 3.05) is 58.4 Å². The Balaban J connectivity index is 1.65. The number of hydrogen-bond acceptors (Lipinski definition) is 9. The molecule has 1 saturated heterocycles. The topological polar surface area (TPSA) is 92.8 Å². The fourth-order valence-corrected chi connectivity index (χ4v) is 8.67. The summed E-state index contributed by atoms with van der Waals surface area (Å²) in [4.78, 5) is 8.10. The van der Waals surface area contributed by atoms with Crippen molar-refractivity contribution >= 4 is 17.5 Å². The summed E-state index contributed by atoms with van der Waals surface area (Å²) in [5.41, 5.74) is 3.33. The molecular formula is C35H52N2O6S. The highest BCUT2D eigenvalue weighted by Crippen LogP contribution is 2.62. The van der Waals surface area contributed by atoms with Crippen molar-refractivity contribution in [1.29, 1.82) is 0 Å². The first-order chi connectivity index (χ1) is 21.6. The zero-order valence-electron chi connectivity index (χ0n) is 26.6. The van der Waals surface area contributed by atoms with Gasteiger partial charge in [-0.05, 0) is 74.0 Å². The Hall–Kier alpha value is -2.04. The van der Waals surface area contributed by atoms with E-state index in [1.54, 1.807) is 0 Å². The van der Waals surface area contributed by atoms with Crippen LogP contribution in [-0.4, -0.2) is 90.3 Å². The van der Waals surface area contributed by atoms with E-state index in [-0.39, 0.29) is 36.2 Å². The van der Waals surface area contributed by atoms with Gasteiger partial charge in [0.15, 0.2) is 0 Å². The molecular weight excluding hydrogens is 576 g/mol. The van der Waals surface area contributed by atoms with Crippen LogP contribution in [0.25, 0.3) is 0 Å². The van der Waals surface area contributed by atoms with Gasteiger partial charge in [0.2, 0.25) is 5.79 Å². The molecule has 44 heavy (non-hydrogen) atoms. The summed E-state index contributed by atoms with van der Waals surface area (Å²) in [5, 5.41) is 24.1. The average molecular weight is 629 g/mol. The van der Waals surface area contributed by atoms with E-state index >= 15 is 0 Å². The molecule has 6 unspecified atom stereocenters. The normalized spacial score (nSPS) is 29.8. The zero-order chi connectivity index (χ0) is 30.9. The lowest BCUT2D eigenvalue weighted by molar-refractivity contribution is -0.223. The number of ether oxygens (including phenoxy) is 3. The van der Waals surface area contributed by atoms with Gasteiger partial charge in [-0.25, -0.2) is 0 Å². The van der Waals surface area contributed by atoms with Gasteiger partial charge in [-0.1, -0.05) is 37.1 Å². The molecule has 0 spiro atoms. The third-order valence-corrected chi connectivity index (χ3v) is 10.7. The number of allylic oxidation sites excluding steroid dienone is 1. The molecule has 2 aliphatic carbocycles. The predicted molar refractivity (Wildman–Crippen MR) is 177 cm³/mol. The highest BCUT2D eigenvalue weighted by Gasteiger charge is 2.63. The number of hydrogen-bond donors (Lipinski definition) is 2. The summed E-state index contributed by atoms with van der Waals surface area (Å²) < 4.78 is 20.3. The molecule has 6 atom stereocenters. The largest absolute Gasteiger partial charge is 0.492 e. The quantitative estimate of drug-likeness (QED) is 0.0862. The van der Waals surface area contributed by atoms with E-state index in [0.717, 1.165) is 81.1 Å². The minimum atomic E-state index is -0.892. The molecule has 0 amide bonds. The Labute approximate surface area is 267 Å². The maximum absolute atomic E-state index is 9.73. The number of aliphatic hydroxyl groups is 2. The van der Waals surface area contributed by atoms with Crippen LogP contribution in [0.4, 0.5) is 0 Å². The van der Waals surface area contributed by atoms with Gasteiger partial charge in [-0.2, -0.15) is 11.8 Å². The van der Waals surface area contributed by atoms with Crippen molar-refractivity contribution in [1.82, 2.24) is 4.90 Å². The Morgan fingerprint density at radius 2 is 1.93 bits per heavy atom. The van der Waals surface area contributed by atoms with Gasteiger partial charge in [0.1, 0.15) is 24.7 Å². The molecule has 1 aromatic rings. The molecule has 5 rings (SSSR count). The van der Waals surface area contributed by atoms with E-state index in [4.69, 9.17) is 24.2 Å². The number of nitrogens with zero attached hydrogens (tertiary/aromatic N) is 2. The summed E-state index contributed by atoms with van der Waals surface area (Å²) in [6.45, 7) is 13.3. The molecule has 0 aromatic heterocycles. The van der Waals surface area contributed by atoms with Gasteiger partial charge in [0, 0.05) is 50.8 Å². The lowest BCUT2D eigenvalue weighted by Crippen LogP contribution is -2.64. The number of rotatable bonds is 19. The predicted octanol–water partition coefficient (Wildman–Crippen LogP) is 5.79. The highest BCUT2D eigenvalue weighted by atomic mass is 32.2. The molecule has 2 N–H and O–H groups in total. The first kappa shape index (κ1) is 33.3. The highest BCUT2D eigenvalue weighted by molar-refractivity contribution is 8.00. The second kappa shape index (κ2) is 16.0. The molecule has 2 aliphatic heterocycles. The van der Waals surface area contributed by atoms with Crippen molar-refractivity contribution < 1.29 is 29.3 Å². The van der Waals surface area contributed by atoms with Gasteiger partial charge in [-0.15, -0.1) is 6.58 Å². The van der Waals surface area contributed by atoms with Crippen LogP contribution in [0, 0.1) is 17.8 Å². The molecule has 4 aliphatic rings. The first-order valence-corrected chi connectivity index (χ1v) is 17.8. The SMILES string of the molecule is C=CCOC12Oc3ccc(OCCN4CC4)cc3C3C(CCCCO)C(CCCCO)C=C(C(=NOCC)CC1SCC)C32. The fraction of sp³-hybridized carbons (Fsp3) is 0.686. The third-order valence-electron chi connectivity index (χ3n) is 9.51. The Morgan fingerprint density at radius 3 is 2.64 bits per heavy atom. The average Bonchev–Trinajstić information content (AvgIpc) is 3.86. The molecule has 1 aromatic carbocycles. The van der Waals surface area contributed by atoms with Crippen molar-refractivity contribution in [3.8, 4) is 11.5 Å². The summed E-state index contributed by atoms with van der Waals surface area (Å²) in [6, 6.07) is 6.33. The summed E-state index contributed by atoms with van der Waals surface area (Å²) in [5.74, 6) is 2.36. The minimum absolute atomic E-state index is 0.0111. The number of fused-ring (bicyclic) bond motifs is 2. The van der Waals surface area contributed by atoms with Crippen LogP contribution in [0.5, 0.6) is 11.5 Å². The second-order valence-electron chi connectivity index (χ2n) is 12.3. The number of benzene rings is 1. The van der Waals surface area contributed by atoms with Gasteiger partial charge in [0.25, 0.3) is 0 Å². The lowest BCUT2D eigenvalue weighted by Gasteiger charge is -2.58. The molecule has 244 valence electrons. The summed E-state index contributed by atoms with van der Waals surface area (Å²) >= 11 is 1.86. The molecule has 8 nitrogen and oxygen atoms in total. The standard InChI is InChI=1S/C35H52N2O6S/c1-4-20-41-35-32(44-6-3)24-30(36-42-5-2)28-22-25(11-7-9-18-38)27(12-8-10-19-39)33(34(28)35)29-23-26(13-14-31(29)43-35)40-21-17-37-15-16-37/h4,13-14,22-23,25,27,32-34,38-39H,1,5-12,15-21,24H2,2-3H3. The fourth-order valence-electron chi connectivity index (χ4n) is 7.50. The van der Waals surface area contributed by atoms with E-state index in [1.165, 1.54) is 11.1 Å². The van der Waals surface area contributed by atoms with E-state index in [1.807, 2.05) is 30.8 Å². The maximum atomic E-state index is 9.73. The number of thioether (sulfide) groups is 1. The van der Waals surface area contributed by atoms with Gasteiger partial charge < -0.3 is 29.3 Å². The van der Waals surface area contributed by atoms with E-state index in [0.29, 0.717) is 32.2 Å². The molecule has 1 saturated carbocycles. The zero-order valence-corrected chi connectivity index (χ0v) is 27.4. The number of aliphatic hydroxyl groups excluding tert-OH is 2. The van der Waals surface area contributed by atoms with Crippen LogP contribution >= 0.6 is 11.8 Å². The molecule has 0 bridgehead atoms. The first-order valence-electron chi connectivity index (χ1n) is 16.8. The summed E-state index contributed by atoms with van der Waals surface area (Å²) in [6.07, 6.45) is 10.4. The van der Waals surface area contributed by atoms with E-state index < -0.39 is 5.79 Å². The number of oxime groups is 1. The maximum Gasteiger partial charge on any atom is 0.230 e. The molecule has 2 fully saturated rings. The number of unbranched alkanes of at least 4 members (excludes halogenated alkanes) is 2. The molecule has 0 radical (unpaired) electrons. The van der Waals surface area contributed by atoms with Crippen molar-refractivity contribution in [2.45, 2.75) is 75.7 Å². The van der Waals surface area contributed by atoms with Crippen molar-refractivity contribution in [2.24, 2.45) is 22.9 Å². The Bertz CT molecular complexity index is 1160. The van der Waals surface area contributed by atoms with Crippen LogP contribution in [0.2, 0.25) is 0 Å². The molecule has 9 heteroatoms. The van der Waals surface area contributed by atoms with E-state index in [2.05, 4.69) is 36.6 Å². The van der Waals surface area contributed by atoms with Gasteiger partial charge >= 0.3 is 0 Å². The van der Waals surface area contributed by atoms with Crippen molar-refractivity contribution in [3.05, 3.63) is 48.1 Å². The van der Waals surface area contributed by atoms with Crippen LogP contribution in [0.1, 0.15) is 70.3 Å². The van der Waals surface area contributed by atoms with E-state index in [9.17, 15) is 10.2 Å². The minimum Gasteiger partial charge on any atom is -0.492 e. The van der Waals surface area contributed by atoms with Gasteiger partial charge in [0.05, 0.1) is 23.5 Å². The Morgan fingerprint density at radius 1 is 1.14 bits per heavy atom. The van der Waals surface area contributed by atoms with Crippen LogP contribution < -0.4 is 9.47 Å². The van der Waals surface area contributed by atoms with Crippen molar-refractivity contribution in [3.63, 3.8) is 0 Å². The van der Waals surface area contributed by atoms with Crippen LogP contribution in [0.3, 0.4) is 0 Å². The van der Waals surface area contributed by atoms with Crippen LogP contribution in [0.15, 0.2) is 47.7 Å². The smallest absolute Gasteiger partial charge is 0.230 e. The van der Waals surface area contributed by atoms with Crippen LogP contribution in [-0.2, 0) is 9.57 Å². The summed E-state index contributed by atoms with van der Waals surface area (Å²) in [7, 11) is 0. The second-order valence-corrected chi connectivity index (χ2v) is 13.8. The lowest BCUT2D eigenvalue weighted by atomic mass is 9.56. The monoisotopic (exact) mass is 628 g/mol. The van der Waals surface area contributed by atoms with Gasteiger partial charge in [-0.3, -0.25) is 4.90 Å². The molecule has 2 heterocycles.